The molecule has 18 heteroatoms. The molecule has 6 aliphatic carbocycles. The molecule has 12 aliphatic rings. The van der Waals surface area contributed by atoms with Crippen molar-refractivity contribution in [3.63, 3.8) is 0 Å². The predicted molar refractivity (Wildman–Crippen MR) is 361 cm³/mol. The molecule has 0 aromatic heterocycles. The van der Waals surface area contributed by atoms with Gasteiger partial charge in [-0.3, -0.25) is 9.59 Å². The van der Waals surface area contributed by atoms with Crippen LogP contribution in [-0.2, 0) is 57.0 Å². The van der Waals surface area contributed by atoms with Crippen LogP contribution in [0, 0.1) is 73.9 Å². The van der Waals surface area contributed by atoms with E-state index in [0.29, 0.717) is 67.9 Å². The number of hydrogen-bond acceptors (Lipinski definition) is 17. The molecular formula is C78H120O18. The highest BCUT2D eigenvalue weighted by molar-refractivity contribution is 5.79. The van der Waals surface area contributed by atoms with Gasteiger partial charge in [-0.2, -0.15) is 0 Å². The van der Waals surface area contributed by atoms with Gasteiger partial charge in [-0.25, -0.2) is 0 Å². The van der Waals surface area contributed by atoms with Gasteiger partial charge in [0.2, 0.25) is 0 Å². The SMILES string of the molecule is CC1(C)CCC2(C(=O)O)C(O)CC3(C)C(=CCC4C5(C)CCC(O)C(C)(C)C5CCC43C)C2C1.CCC(C)C1OC2(C=CC1C)CC1CC(CC=C(C)C(OC3CC(OC)C(OC4CC(OC)C(O)C(C)O4)C(C)O3)C(C)C=CC=C3COC4C(O)C(C)=CC(C(=O)O1)C34O)O2. The van der Waals surface area contributed by atoms with Gasteiger partial charge in [0.05, 0.1) is 61.5 Å². The Morgan fingerprint density at radius 1 is 0.750 bits per heavy atom. The van der Waals surface area contributed by atoms with Gasteiger partial charge >= 0.3 is 11.9 Å². The fraction of sp³-hybridized carbons (Fsp3) is 0.821. The van der Waals surface area contributed by atoms with Crippen LogP contribution in [0.4, 0.5) is 0 Å². The van der Waals surface area contributed by atoms with Crippen LogP contribution < -0.4 is 0 Å². The first-order valence-corrected chi connectivity index (χ1v) is 36.7. The second-order valence-electron chi connectivity index (χ2n) is 34.1. The van der Waals surface area contributed by atoms with Gasteiger partial charge in [0.1, 0.15) is 47.5 Å². The Kier molecular flexibility index (Phi) is 21.2. The molecule has 0 aromatic rings. The van der Waals surface area contributed by atoms with Crippen LogP contribution >= 0.6 is 0 Å². The summed E-state index contributed by atoms with van der Waals surface area (Å²) in [6.45, 7) is 32.5. The molecule has 540 valence electrons. The van der Waals surface area contributed by atoms with E-state index in [1.54, 1.807) is 40.2 Å². The molecular weight excluding hydrogens is 1220 g/mol. The first-order chi connectivity index (χ1) is 45.1. The van der Waals surface area contributed by atoms with Crippen molar-refractivity contribution in [2.75, 3.05) is 20.8 Å². The number of aliphatic carboxylic acids is 1. The van der Waals surface area contributed by atoms with E-state index in [-0.39, 0.29) is 81.8 Å². The largest absolute Gasteiger partial charge is 0.481 e. The monoisotopic (exact) mass is 1340 g/mol. The molecule has 6 heterocycles. The first-order valence-electron chi connectivity index (χ1n) is 36.7. The standard InChI is InChI=1S/C48H72O14.C30H48O4/c1-11-25(2)43-28(5)17-18-47(62-43)23-34-20-33(61-47)16-15-27(4)42(26(3)13-12-14-32-24-55-45-40(49)29(6)19-35(46(51)58-34)48(32,45)52)59-39-22-37(54-10)44(31(8)57-39)60-38-21-36(53-9)41(50)30(7)56-38;1-25(2)14-15-30(24(33)34)19(16-25)18-8-9-21-27(5)12-11-22(31)26(3,4)20(27)10-13-28(21,6)29(18,7)17-23(30)32/h12-15,17-19,25-26,28,30-31,33-45,49-50,52H,11,16,20-24H2,1-10H3;8,19-23,31-32H,9-17H2,1-7H3,(H,33,34). The summed E-state index contributed by atoms with van der Waals surface area (Å²) in [6, 6.07) is 0. The van der Waals surface area contributed by atoms with Gasteiger partial charge in [-0.1, -0.05) is 131 Å². The zero-order chi connectivity index (χ0) is 69.8. The smallest absolute Gasteiger partial charge is 0.316 e. The molecule has 96 heavy (non-hydrogen) atoms. The maximum absolute atomic E-state index is 14.3. The number of aliphatic hydroxyl groups excluding tert-OH is 4. The number of carbonyl (C=O) groups excluding carboxylic acids is 1. The summed E-state index contributed by atoms with van der Waals surface area (Å²) in [5.74, 6) is -2.47. The number of carboxylic acid groups (broad SMARTS) is 1. The third-order valence-corrected chi connectivity index (χ3v) is 27.6. The Bertz CT molecular complexity index is 3020. The van der Waals surface area contributed by atoms with Crippen molar-refractivity contribution in [2.45, 2.75) is 310 Å². The summed E-state index contributed by atoms with van der Waals surface area (Å²) in [4.78, 5) is 27.2. The topological polar surface area (TPSA) is 248 Å². The first kappa shape index (κ1) is 74.0. The average molecular weight is 1350 g/mol. The van der Waals surface area contributed by atoms with Crippen molar-refractivity contribution in [1.82, 2.24) is 0 Å². The highest BCUT2D eigenvalue weighted by atomic mass is 16.7. The van der Waals surface area contributed by atoms with Crippen molar-refractivity contribution in [2.24, 2.45) is 73.9 Å². The number of hydrogen-bond donors (Lipinski definition) is 6. The molecule has 8 fully saturated rings. The van der Waals surface area contributed by atoms with E-state index in [4.69, 9.17) is 47.4 Å². The molecule has 0 aromatic carbocycles. The van der Waals surface area contributed by atoms with Crippen molar-refractivity contribution in [1.29, 1.82) is 0 Å². The summed E-state index contributed by atoms with van der Waals surface area (Å²) in [5.41, 5.74) is 0.429. The third-order valence-electron chi connectivity index (χ3n) is 27.6. The van der Waals surface area contributed by atoms with Crippen molar-refractivity contribution in [3.05, 3.63) is 70.9 Å². The third kappa shape index (κ3) is 12.8. The van der Waals surface area contributed by atoms with Gasteiger partial charge in [0, 0.05) is 51.7 Å². The zero-order valence-electron chi connectivity index (χ0n) is 60.8. The molecule has 6 N–H and O–H groups in total. The second kappa shape index (κ2) is 27.5. The molecule has 4 saturated heterocycles. The summed E-state index contributed by atoms with van der Waals surface area (Å²) >= 11 is 0. The van der Waals surface area contributed by atoms with Crippen LogP contribution in [0.2, 0.25) is 0 Å². The van der Waals surface area contributed by atoms with Crippen molar-refractivity contribution < 1.29 is 87.6 Å². The summed E-state index contributed by atoms with van der Waals surface area (Å²) < 4.78 is 63.7. The molecule has 0 amide bonds. The summed E-state index contributed by atoms with van der Waals surface area (Å²) in [5, 5.41) is 67.3. The van der Waals surface area contributed by atoms with E-state index in [0.717, 1.165) is 56.9 Å². The number of methoxy groups -OCH3 is 2. The maximum Gasteiger partial charge on any atom is 0.316 e. The lowest BCUT2D eigenvalue weighted by Gasteiger charge is -2.71. The number of fused-ring (bicyclic) bond motifs is 9. The van der Waals surface area contributed by atoms with Gasteiger partial charge in [0.25, 0.3) is 0 Å². The van der Waals surface area contributed by atoms with E-state index in [1.807, 2.05) is 32.1 Å². The van der Waals surface area contributed by atoms with Gasteiger partial charge in [-0.05, 0) is 165 Å². The predicted octanol–water partition coefficient (Wildman–Crippen LogP) is 11.6. The van der Waals surface area contributed by atoms with Gasteiger partial charge in [-0.15, -0.1) is 0 Å². The van der Waals surface area contributed by atoms with Crippen LogP contribution in [0.3, 0.4) is 0 Å². The maximum atomic E-state index is 14.3. The quantitative estimate of drug-likeness (QED) is 0.0928. The molecule has 29 atom stereocenters. The van der Waals surface area contributed by atoms with Gasteiger partial charge in [0.15, 0.2) is 18.4 Å². The average Bonchev–Trinajstić information content (AvgIpc) is 0.776. The summed E-state index contributed by atoms with van der Waals surface area (Å²) in [7, 11) is 3.22. The fourth-order valence-electron chi connectivity index (χ4n) is 21.3. The Hall–Kier alpha value is -3.18. The van der Waals surface area contributed by atoms with E-state index in [1.165, 1.54) is 5.57 Å². The Balaban J connectivity index is 0.000000231. The molecule has 6 aliphatic heterocycles. The second-order valence-corrected chi connectivity index (χ2v) is 34.1. The highest BCUT2D eigenvalue weighted by Crippen LogP contribution is 2.76. The fourth-order valence-corrected chi connectivity index (χ4v) is 21.3. The lowest BCUT2D eigenvalue weighted by molar-refractivity contribution is -0.318. The van der Waals surface area contributed by atoms with E-state index in [9.17, 15) is 40.2 Å². The van der Waals surface area contributed by atoms with E-state index < -0.39 is 108 Å². The number of ether oxygens (including phenoxy) is 10. The molecule has 29 unspecified atom stereocenters. The molecule has 1 spiro atoms. The molecule has 12 rings (SSSR count). The van der Waals surface area contributed by atoms with Crippen molar-refractivity contribution >= 4 is 11.9 Å². The Morgan fingerprint density at radius 2 is 1.45 bits per heavy atom. The van der Waals surface area contributed by atoms with E-state index >= 15 is 0 Å². The zero-order valence-corrected chi connectivity index (χ0v) is 60.8. The van der Waals surface area contributed by atoms with Crippen LogP contribution in [0.15, 0.2) is 70.9 Å². The van der Waals surface area contributed by atoms with Crippen LogP contribution in [0.5, 0.6) is 0 Å². The van der Waals surface area contributed by atoms with Crippen LogP contribution in [0.25, 0.3) is 0 Å². The number of carboxylic acids is 1. The molecule has 18 nitrogen and oxygen atoms in total. The molecule has 4 saturated carbocycles. The minimum absolute atomic E-state index is 0.0218. The number of carbonyl (C=O) groups is 2. The van der Waals surface area contributed by atoms with Crippen LogP contribution in [0.1, 0.15) is 200 Å². The Morgan fingerprint density at radius 3 is 2.15 bits per heavy atom. The number of allylic oxidation sites excluding steroid dienone is 4. The minimum Gasteiger partial charge on any atom is -0.481 e. The number of esters is 1. The summed E-state index contributed by atoms with van der Waals surface area (Å²) in [6.07, 6.45) is 17.9. The normalized spacial score (nSPS) is 49.2. The number of rotatable bonds is 9. The van der Waals surface area contributed by atoms with Crippen LogP contribution in [-0.4, -0.2) is 173 Å². The van der Waals surface area contributed by atoms with E-state index in [2.05, 4.69) is 94.4 Å². The highest BCUT2D eigenvalue weighted by Gasteiger charge is 2.72. The molecule has 2 bridgehead atoms. The number of aliphatic hydroxyl groups is 5. The minimum atomic E-state index is -1.84. The Labute approximate surface area is 572 Å². The lowest BCUT2D eigenvalue weighted by Crippen LogP contribution is -2.67. The molecule has 0 radical (unpaired) electrons. The lowest BCUT2D eigenvalue weighted by atomic mass is 9.33. The van der Waals surface area contributed by atoms with Gasteiger partial charge < -0.3 is 78.0 Å². The van der Waals surface area contributed by atoms with Crippen molar-refractivity contribution in [3.8, 4) is 0 Å².